The topological polar surface area (TPSA) is 77.5 Å². The van der Waals surface area contributed by atoms with E-state index in [0.717, 1.165) is 0 Å². The van der Waals surface area contributed by atoms with E-state index in [1.807, 2.05) is 0 Å². The maximum atomic E-state index is 10.2. The summed E-state index contributed by atoms with van der Waals surface area (Å²) < 4.78 is 4.83. The molecule has 1 heterocycles. The van der Waals surface area contributed by atoms with Crippen molar-refractivity contribution in [2.24, 2.45) is 5.73 Å². The van der Waals surface area contributed by atoms with Crippen LogP contribution >= 0.6 is 0 Å². The molecule has 0 aliphatic rings. The molecule has 0 spiro atoms. The number of primary amides is 1. The number of carbonyl (C=O) groups excluding carboxylic acids is 1. The lowest BCUT2D eigenvalue weighted by atomic mass is 10.6. The largest absolute Gasteiger partial charge is 0.447 e. The predicted molar refractivity (Wildman–Crippen MR) is 37.5 cm³/mol. The molecule has 0 saturated carbocycles. The van der Waals surface area contributed by atoms with Crippen molar-refractivity contribution in [1.82, 2.24) is 0 Å². The van der Waals surface area contributed by atoms with Gasteiger partial charge in [0, 0.05) is 6.07 Å². The molecule has 1 aromatic rings. The van der Waals surface area contributed by atoms with Crippen LogP contribution in [0.1, 0.15) is 0 Å². The highest BCUT2D eigenvalue weighted by molar-refractivity contribution is 5.75. The summed E-state index contributed by atoms with van der Waals surface area (Å²) in [5.74, 6) is -0.102. The van der Waals surface area contributed by atoms with Crippen LogP contribution in [0.4, 0.5) is 5.88 Å². The Balaban J connectivity index is 2.19. The molecule has 0 unspecified atom stereocenters. The summed E-state index contributed by atoms with van der Waals surface area (Å²) in [4.78, 5) is 14.8. The molecule has 0 radical (unpaired) electrons. The van der Waals surface area contributed by atoms with E-state index in [1.54, 1.807) is 12.1 Å². The van der Waals surface area contributed by atoms with Crippen molar-refractivity contribution in [3.63, 3.8) is 0 Å². The first-order chi connectivity index (χ1) is 5.29. The van der Waals surface area contributed by atoms with Crippen LogP contribution in [0.15, 0.2) is 22.8 Å². The molecule has 5 heteroatoms. The maximum Gasteiger partial charge on any atom is 0.246 e. The summed E-state index contributed by atoms with van der Waals surface area (Å²) in [5.41, 5.74) is 7.19. The molecule has 5 nitrogen and oxygen atoms in total. The zero-order valence-corrected chi connectivity index (χ0v) is 5.74. The molecule has 0 aliphatic carbocycles. The number of hydrogen-bond donors (Lipinski definition) is 2. The van der Waals surface area contributed by atoms with Gasteiger partial charge in [-0.1, -0.05) is 0 Å². The lowest BCUT2D eigenvalue weighted by Gasteiger charge is -1.99. The number of carbonyl (C=O) groups is 1. The average Bonchev–Trinajstić information content (AvgIpc) is 2.39. The smallest absolute Gasteiger partial charge is 0.246 e. The Bertz CT molecular complexity index is 220. The Labute approximate surface area is 63.1 Å². The number of amides is 1. The highest BCUT2D eigenvalue weighted by atomic mass is 16.7. The summed E-state index contributed by atoms with van der Waals surface area (Å²) in [6.07, 6.45) is 1.48. The van der Waals surface area contributed by atoms with E-state index < -0.39 is 5.91 Å². The van der Waals surface area contributed by atoms with Crippen LogP contribution < -0.4 is 11.2 Å². The Morgan fingerprint density at radius 3 is 3.18 bits per heavy atom. The van der Waals surface area contributed by atoms with Gasteiger partial charge in [-0.15, -0.1) is 0 Å². The van der Waals surface area contributed by atoms with Crippen LogP contribution in [0.25, 0.3) is 0 Å². The van der Waals surface area contributed by atoms with Crippen LogP contribution in [-0.2, 0) is 9.63 Å². The van der Waals surface area contributed by atoms with Gasteiger partial charge in [0.15, 0.2) is 6.61 Å². The number of rotatable bonds is 4. The van der Waals surface area contributed by atoms with E-state index in [0.29, 0.717) is 5.88 Å². The van der Waals surface area contributed by atoms with Crippen molar-refractivity contribution < 1.29 is 14.0 Å². The van der Waals surface area contributed by atoms with E-state index in [1.165, 1.54) is 6.26 Å². The minimum Gasteiger partial charge on any atom is -0.447 e. The number of nitrogens with two attached hydrogens (primary N) is 1. The molecule has 0 aromatic carbocycles. The summed E-state index contributed by atoms with van der Waals surface area (Å²) in [6, 6.07) is 3.34. The molecule has 0 atom stereocenters. The second kappa shape index (κ2) is 3.62. The van der Waals surface area contributed by atoms with Gasteiger partial charge in [0.2, 0.25) is 11.8 Å². The number of hydrogen-bond acceptors (Lipinski definition) is 4. The Morgan fingerprint density at radius 2 is 2.64 bits per heavy atom. The van der Waals surface area contributed by atoms with Gasteiger partial charge in [-0.2, -0.15) is 0 Å². The third-order valence-electron chi connectivity index (χ3n) is 0.908. The van der Waals surface area contributed by atoms with Crippen molar-refractivity contribution in [3.05, 3.63) is 18.4 Å². The highest BCUT2D eigenvalue weighted by Gasteiger charge is 1.95. The Hall–Kier alpha value is -1.49. The first kappa shape index (κ1) is 7.62. The Morgan fingerprint density at radius 1 is 1.82 bits per heavy atom. The summed E-state index contributed by atoms with van der Waals surface area (Å²) >= 11 is 0. The molecule has 60 valence electrons. The van der Waals surface area contributed by atoms with Crippen LogP contribution in [0.5, 0.6) is 0 Å². The minimum atomic E-state index is -0.538. The van der Waals surface area contributed by atoms with Crippen molar-refractivity contribution in [2.75, 3.05) is 12.1 Å². The van der Waals surface area contributed by atoms with Gasteiger partial charge in [0.25, 0.3) is 0 Å². The van der Waals surface area contributed by atoms with Crippen molar-refractivity contribution in [2.45, 2.75) is 0 Å². The van der Waals surface area contributed by atoms with Crippen LogP contribution in [0.3, 0.4) is 0 Å². The van der Waals surface area contributed by atoms with Crippen LogP contribution in [-0.4, -0.2) is 12.5 Å². The second-order valence-corrected chi connectivity index (χ2v) is 1.83. The van der Waals surface area contributed by atoms with E-state index >= 15 is 0 Å². The van der Waals surface area contributed by atoms with Crippen molar-refractivity contribution >= 4 is 11.8 Å². The monoisotopic (exact) mass is 156 g/mol. The SMILES string of the molecule is NC(=O)CONc1ccco1. The third kappa shape index (κ3) is 2.72. The summed E-state index contributed by atoms with van der Waals surface area (Å²) in [5, 5.41) is 0. The third-order valence-corrected chi connectivity index (χ3v) is 0.908. The number of furan rings is 1. The zero-order chi connectivity index (χ0) is 8.10. The zero-order valence-electron chi connectivity index (χ0n) is 5.74. The van der Waals surface area contributed by atoms with E-state index in [2.05, 4.69) is 10.3 Å². The summed E-state index contributed by atoms with van der Waals surface area (Å²) in [6.45, 7) is -0.180. The molecule has 3 N–H and O–H groups in total. The van der Waals surface area contributed by atoms with Gasteiger partial charge < -0.3 is 10.2 Å². The van der Waals surface area contributed by atoms with Gasteiger partial charge in [0.05, 0.1) is 6.26 Å². The predicted octanol–water partition coefficient (Wildman–Crippen LogP) is 0.108. The van der Waals surface area contributed by atoms with Gasteiger partial charge >= 0.3 is 0 Å². The second-order valence-electron chi connectivity index (χ2n) is 1.83. The van der Waals surface area contributed by atoms with Crippen molar-refractivity contribution in [1.29, 1.82) is 0 Å². The lowest BCUT2D eigenvalue weighted by Crippen LogP contribution is -2.20. The van der Waals surface area contributed by atoms with Crippen LogP contribution in [0.2, 0.25) is 0 Å². The van der Waals surface area contributed by atoms with Crippen LogP contribution in [0, 0.1) is 0 Å². The quantitative estimate of drug-likeness (QED) is 0.606. The highest BCUT2D eigenvalue weighted by Crippen LogP contribution is 2.05. The first-order valence-electron chi connectivity index (χ1n) is 2.98. The maximum absolute atomic E-state index is 10.2. The molecule has 0 fully saturated rings. The molecule has 0 aliphatic heterocycles. The normalized spacial score (nSPS) is 9.45. The fraction of sp³-hybridized carbons (Fsp3) is 0.167. The van der Waals surface area contributed by atoms with E-state index in [4.69, 9.17) is 10.2 Å². The molecule has 1 aromatic heterocycles. The fourth-order valence-corrected chi connectivity index (χ4v) is 0.515. The van der Waals surface area contributed by atoms with Gasteiger partial charge in [-0.25, -0.2) is 5.48 Å². The lowest BCUT2D eigenvalue weighted by molar-refractivity contribution is -0.121. The Kier molecular flexibility index (Phi) is 2.51. The van der Waals surface area contributed by atoms with Gasteiger partial charge in [-0.05, 0) is 6.07 Å². The minimum absolute atomic E-state index is 0.180. The number of nitrogens with one attached hydrogen (secondary N) is 1. The van der Waals surface area contributed by atoms with E-state index in [9.17, 15) is 4.79 Å². The van der Waals surface area contributed by atoms with Crippen molar-refractivity contribution in [3.8, 4) is 0 Å². The summed E-state index contributed by atoms with van der Waals surface area (Å²) in [7, 11) is 0. The first-order valence-corrected chi connectivity index (χ1v) is 2.98. The molecular weight excluding hydrogens is 148 g/mol. The molecular formula is C6H8N2O3. The molecule has 1 rings (SSSR count). The van der Waals surface area contributed by atoms with Gasteiger partial charge in [0.1, 0.15) is 0 Å². The van der Waals surface area contributed by atoms with E-state index in [-0.39, 0.29) is 6.61 Å². The molecule has 1 amide bonds. The average molecular weight is 156 g/mol. The standard InChI is InChI=1S/C6H8N2O3/c7-5(9)4-11-8-6-2-1-3-10-6/h1-3,8H,4H2,(H2,7,9). The molecule has 0 bridgehead atoms. The molecule has 11 heavy (non-hydrogen) atoms. The number of anilines is 1. The fourth-order valence-electron chi connectivity index (χ4n) is 0.515. The van der Waals surface area contributed by atoms with Gasteiger partial charge in [-0.3, -0.25) is 9.63 Å². The molecule has 0 saturated heterocycles.